The fourth-order valence-electron chi connectivity index (χ4n) is 2.79. The molecule has 1 aliphatic heterocycles. The summed E-state index contributed by atoms with van der Waals surface area (Å²) in [6.07, 6.45) is 3.81. The highest BCUT2D eigenvalue weighted by atomic mass is 35.5. The molecule has 1 atom stereocenters. The van der Waals surface area contributed by atoms with Gasteiger partial charge in [0.25, 0.3) is 0 Å². The molecule has 1 N–H and O–H groups in total. The van der Waals surface area contributed by atoms with Crippen molar-refractivity contribution in [1.82, 2.24) is 10.2 Å². The number of halogens is 1. The molecule has 1 aliphatic rings. The van der Waals surface area contributed by atoms with E-state index in [9.17, 15) is 0 Å². The highest BCUT2D eigenvalue weighted by molar-refractivity contribution is 6.31. The van der Waals surface area contributed by atoms with Gasteiger partial charge in [0.1, 0.15) is 0 Å². The van der Waals surface area contributed by atoms with Crippen LogP contribution in [0.1, 0.15) is 37.3 Å². The number of benzene rings is 1. The standard InChI is InChI=1S/C16H25ClN2/c1-3-9-19(15-5-4-8-18-11-15)12-14-7-6-13(2)16(17)10-14/h6-7,10,15,18H,3-5,8-9,11-12H2,1-2H3. The van der Waals surface area contributed by atoms with Gasteiger partial charge in [0.15, 0.2) is 0 Å². The third-order valence-electron chi connectivity index (χ3n) is 3.92. The molecule has 0 aromatic heterocycles. The number of rotatable bonds is 5. The van der Waals surface area contributed by atoms with E-state index in [1.54, 1.807) is 0 Å². The van der Waals surface area contributed by atoms with Crippen molar-refractivity contribution in [2.75, 3.05) is 19.6 Å². The van der Waals surface area contributed by atoms with Gasteiger partial charge in [-0.2, -0.15) is 0 Å². The first-order valence-electron chi connectivity index (χ1n) is 7.40. The fourth-order valence-corrected chi connectivity index (χ4v) is 3.00. The summed E-state index contributed by atoms with van der Waals surface area (Å²) >= 11 is 6.23. The molecule has 1 saturated heterocycles. The number of hydrogen-bond acceptors (Lipinski definition) is 2. The molecular weight excluding hydrogens is 256 g/mol. The molecule has 0 saturated carbocycles. The maximum Gasteiger partial charge on any atom is 0.0438 e. The summed E-state index contributed by atoms with van der Waals surface area (Å²) in [6, 6.07) is 7.13. The zero-order valence-corrected chi connectivity index (χ0v) is 12.8. The van der Waals surface area contributed by atoms with Gasteiger partial charge in [-0.15, -0.1) is 0 Å². The average Bonchev–Trinajstić information content (AvgIpc) is 2.43. The van der Waals surface area contributed by atoms with Crippen molar-refractivity contribution in [1.29, 1.82) is 0 Å². The predicted molar refractivity (Wildman–Crippen MR) is 82.8 cm³/mol. The van der Waals surface area contributed by atoms with Gasteiger partial charge in [-0.3, -0.25) is 4.90 Å². The summed E-state index contributed by atoms with van der Waals surface area (Å²) in [7, 11) is 0. The molecular formula is C16H25ClN2. The molecule has 1 aromatic rings. The second kappa shape index (κ2) is 7.28. The van der Waals surface area contributed by atoms with Crippen LogP contribution in [0, 0.1) is 6.92 Å². The fraction of sp³-hybridized carbons (Fsp3) is 0.625. The third kappa shape index (κ3) is 4.20. The van der Waals surface area contributed by atoms with Crippen molar-refractivity contribution in [2.45, 2.75) is 45.7 Å². The van der Waals surface area contributed by atoms with Crippen molar-refractivity contribution in [3.8, 4) is 0 Å². The van der Waals surface area contributed by atoms with E-state index in [-0.39, 0.29) is 0 Å². The zero-order chi connectivity index (χ0) is 13.7. The topological polar surface area (TPSA) is 15.3 Å². The summed E-state index contributed by atoms with van der Waals surface area (Å²) in [6.45, 7) is 8.79. The Bertz CT molecular complexity index is 400. The smallest absolute Gasteiger partial charge is 0.0438 e. The van der Waals surface area contributed by atoms with Crippen LogP contribution >= 0.6 is 11.6 Å². The molecule has 2 rings (SSSR count). The molecule has 1 aromatic carbocycles. The van der Waals surface area contributed by atoms with E-state index >= 15 is 0 Å². The van der Waals surface area contributed by atoms with Crippen molar-refractivity contribution in [3.63, 3.8) is 0 Å². The third-order valence-corrected chi connectivity index (χ3v) is 4.33. The Hall–Kier alpha value is -0.570. The maximum absolute atomic E-state index is 6.23. The Labute approximate surface area is 122 Å². The first-order valence-corrected chi connectivity index (χ1v) is 7.78. The van der Waals surface area contributed by atoms with Crippen LogP contribution in [0.5, 0.6) is 0 Å². The van der Waals surface area contributed by atoms with E-state index in [4.69, 9.17) is 11.6 Å². The van der Waals surface area contributed by atoms with Crippen LogP contribution in [0.15, 0.2) is 18.2 Å². The molecule has 2 nitrogen and oxygen atoms in total. The Kier molecular flexibility index (Phi) is 5.68. The second-order valence-electron chi connectivity index (χ2n) is 5.55. The van der Waals surface area contributed by atoms with E-state index in [2.05, 4.69) is 42.3 Å². The lowest BCUT2D eigenvalue weighted by Gasteiger charge is -2.34. The normalized spacial score (nSPS) is 19.9. The summed E-state index contributed by atoms with van der Waals surface area (Å²) in [5, 5.41) is 4.40. The Balaban J connectivity index is 2.04. The number of nitrogens with zero attached hydrogens (tertiary/aromatic N) is 1. The van der Waals surface area contributed by atoms with Crippen LogP contribution < -0.4 is 5.32 Å². The van der Waals surface area contributed by atoms with Crippen molar-refractivity contribution >= 4 is 11.6 Å². The maximum atomic E-state index is 6.23. The summed E-state index contributed by atoms with van der Waals surface area (Å²) in [5.74, 6) is 0. The van der Waals surface area contributed by atoms with Gasteiger partial charge in [0, 0.05) is 24.2 Å². The highest BCUT2D eigenvalue weighted by Gasteiger charge is 2.20. The molecule has 0 bridgehead atoms. The van der Waals surface area contributed by atoms with Crippen LogP contribution in [0.25, 0.3) is 0 Å². The van der Waals surface area contributed by atoms with Crippen molar-refractivity contribution < 1.29 is 0 Å². The quantitative estimate of drug-likeness (QED) is 0.886. The molecule has 0 amide bonds. The average molecular weight is 281 g/mol. The Morgan fingerprint density at radius 2 is 2.26 bits per heavy atom. The van der Waals surface area contributed by atoms with Gasteiger partial charge >= 0.3 is 0 Å². The van der Waals surface area contributed by atoms with E-state index < -0.39 is 0 Å². The van der Waals surface area contributed by atoms with Crippen molar-refractivity contribution in [2.24, 2.45) is 0 Å². The number of nitrogens with one attached hydrogen (secondary N) is 1. The molecule has 106 valence electrons. The van der Waals surface area contributed by atoms with Crippen LogP contribution in [0.2, 0.25) is 5.02 Å². The Morgan fingerprint density at radius 3 is 2.89 bits per heavy atom. The monoisotopic (exact) mass is 280 g/mol. The SMILES string of the molecule is CCCN(Cc1ccc(C)c(Cl)c1)C1CCCNC1. The molecule has 1 heterocycles. The number of hydrogen-bond donors (Lipinski definition) is 1. The largest absolute Gasteiger partial charge is 0.315 e. The van der Waals surface area contributed by atoms with Crippen LogP contribution in [-0.4, -0.2) is 30.6 Å². The van der Waals surface area contributed by atoms with E-state index in [0.29, 0.717) is 6.04 Å². The van der Waals surface area contributed by atoms with Crippen LogP contribution in [0.3, 0.4) is 0 Å². The minimum atomic E-state index is 0.675. The molecule has 1 unspecified atom stereocenters. The molecule has 0 spiro atoms. The zero-order valence-electron chi connectivity index (χ0n) is 12.1. The van der Waals surface area contributed by atoms with Gasteiger partial charge in [-0.1, -0.05) is 30.7 Å². The minimum absolute atomic E-state index is 0.675. The number of piperidine rings is 1. The number of aryl methyl sites for hydroxylation is 1. The minimum Gasteiger partial charge on any atom is -0.315 e. The molecule has 0 aliphatic carbocycles. The molecule has 19 heavy (non-hydrogen) atoms. The van der Waals surface area contributed by atoms with Gasteiger partial charge in [0.05, 0.1) is 0 Å². The molecule has 1 fully saturated rings. The summed E-state index contributed by atoms with van der Waals surface area (Å²) in [5.41, 5.74) is 2.49. The lowest BCUT2D eigenvalue weighted by Crippen LogP contribution is -2.45. The van der Waals surface area contributed by atoms with Crippen LogP contribution in [-0.2, 0) is 6.54 Å². The van der Waals surface area contributed by atoms with Gasteiger partial charge in [-0.05, 0) is 56.5 Å². The summed E-state index contributed by atoms with van der Waals surface area (Å²) in [4.78, 5) is 2.60. The van der Waals surface area contributed by atoms with Gasteiger partial charge in [-0.25, -0.2) is 0 Å². The molecule has 0 radical (unpaired) electrons. The van der Waals surface area contributed by atoms with Gasteiger partial charge < -0.3 is 5.32 Å². The lowest BCUT2D eigenvalue weighted by atomic mass is 10.0. The Morgan fingerprint density at radius 1 is 1.42 bits per heavy atom. The van der Waals surface area contributed by atoms with Gasteiger partial charge in [0.2, 0.25) is 0 Å². The van der Waals surface area contributed by atoms with E-state index in [1.807, 2.05) is 0 Å². The second-order valence-corrected chi connectivity index (χ2v) is 5.96. The predicted octanol–water partition coefficient (Wildman–Crippen LogP) is 3.61. The molecule has 3 heteroatoms. The van der Waals surface area contributed by atoms with Crippen LogP contribution in [0.4, 0.5) is 0 Å². The van der Waals surface area contributed by atoms with E-state index in [1.165, 1.54) is 31.4 Å². The van der Waals surface area contributed by atoms with E-state index in [0.717, 1.165) is 30.2 Å². The first-order chi connectivity index (χ1) is 9.20. The summed E-state index contributed by atoms with van der Waals surface area (Å²) < 4.78 is 0. The van der Waals surface area contributed by atoms with Crippen molar-refractivity contribution in [3.05, 3.63) is 34.3 Å². The lowest BCUT2D eigenvalue weighted by molar-refractivity contribution is 0.158. The highest BCUT2D eigenvalue weighted by Crippen LogP contribution is 2.20. The first kappa shape index (κ1) is 14.8.